The Balaban J connectivity index is 2.36. The van der Waals surface area contributed by atoms with E-state index in [0.29, 0.717) is 0 Å². The highest BCUT2D eigenvalue weighted by atomic mass is 127. The highest BCUT2D eigenvalue weighted by Crippen LogP contribution is 2.49. The van der Waals surface area contributed by atoms with Gasteiger partial charge in [-0.25, -0.2) is 0 Å². The van der Waals surface area contributed by atoms with Gasteiger partial charge in [0.25, 0.3) is 5.91 Å². The van der Waals surface area contributed by atoms with E-state index in [1.807, 2.05) is 0 Å². The van der Waals surface area contributed by atoms with Crippen LogP contribution in [0.1, 0.15) is 16.7 Å². The van der Waals surface area contributed by atoms with Crippen LogP contribution in [0.5, 0.6) is 0 Å². The predicted octanol–water partition coefficient (Wildman–Crippen LogP) is 4.80. The van der Waals surface area contributed by atoms with E-state index in [-0.39, 0.29) is 24.9 Å². The number of aliphatic hydroxyl groups is 1. The molecule has 3 rings (SSSR count). The van der Waals surface area contributed by atoms with Crippen LogP contribution >= 0.6 is 45.8 Å². The topological polar surface area (TPSA) is 49.3 Å². The number of fused-ring (bicyclic) bond motifs is 1. The maximum atomic E-state index is 13.5. The summed E-state index contributed by atoms with van der Waals surface area (Å²) in [7, 11) is 0. The number of hydrogen-bond acceptors (Lipinski definition) is 2. The molecule has 0 bridgehead atoms. The van der Waals surface area contributed by atoms with Gasteiger partial charge in [-0.15, -0.1) is 0 Å². The molecule has 0 spiro atoms. The molecule has 1 aliphatic rings. The normalized spacial score (nSPS) is 20.0. The van der Waals surface area contributed by atoms with E-state index in [0.717, 1.165) is 6.07 Å². The average molecular weight is 488 g/mol. The van der Waals surface area contributed by atoms with Crippen LogP contribution in [0.4, 0.5) is 18.9 Å². The third kappa shape index (κ3) is 2.67. The Morgan fingerprint density at radius 2 is 1.83 bits per heavy atom. The zero-order valence-electron chi connectivity index (χ0n) is 11.5. The van der Waals surface area contributed by atoms with Crippen molar-refractivity contribution < 1.29 is 23.1 Å². The molecule has 3 nitrogen and oxygen atoms in total. The van der Waals surface area contributed by atoms with Crippen molar-refractivity contribution in [3.8, 4) is 0 Å². The lowest BCUT2D eigenvalue weighted by atomic mass is 9.84. The molecule has 2 aromatic carbocycles. The minimum absolute atomic E-state index is 0.104. The van der Waals surface area contributed by atoms with Crippen molar-refractivity contribution in [1.29, 1.82) is 0 Å². The van der Waals surface area contributed by atoms with Crippen LogP contribution < -0.4 is 5.32 Å². The molecule has 1 heterocycles. The first-order valence-electron chi connectivity index (χ1n) is 6.45. The van der Waals surface area contributed by atoms with E-state index in [2.05, 4.69) is 5.32 Å². The van der Waals surface area contributed by atoms with E-state index in [4.69, 9.17) is 23.2 Å². The number of nitrogens with one attached hydrogen (secondary N) is 1. The predicted molar refractivity (Wildman–Crippen MR) is 92.3 cm³/mol. The lowest BCUT2D eigenvalue weighted by Gasteiger charge is -2.25. The molecule has 0 aliphatic carbocycles. The fourth-order valence-corrected chi connectivity index (χ4v) is 3.85. The summed E-state index contributed by atoms with van der Waals surface area (Å²) in [4.78, 5) is 12.4. The molecule has 1 amide bonds. The second kappa shape index (κ2) is 5.76. The Hall–Kier alpha value is -1.03. The molecule has 2 aromatic rings. The quantitative estimate of drug-likeness (QED) is 0.567. The van der Waals surface area contributed by atoms with Crippen LogP contribution in [-0.2, 0) is 16.6 Å². The van der Waals surface area contributed by atoms with Crippen molar-refractivity contribution >= 4 is 57.4 Å². The number of rotatable bonds is 1. The fourth-order valence-electron chi connectivity index (χ4n) is 2.68. The van der Waals surface area contributed by atoms with Crippen LogP contribution in [0.25, 0.3) is 0 Å². The molecule has 2 N–H and O–H groups in total. The minimum Gasteiger partial charge on any atom is -0.372 e. The Morgan fingerprint density at radius 3 is 2.42 bits per heavy atom. The number of hydrogen-bond donors (Lipinski definition) is 2. The van der Waals surface area contributed by atoms with Gasteiger partial charge in [0.15, 0.2) is 5.60 Å². The van der Waals surface area contributed by atoms with Gasteiger partial charge in [-0.2, -0.15) is 13.2 Å². The summed E-state index contributed by atoms with van der Waals surface area (Å²) in [6.07, 6.45) is -4.76. The molecule has 126 valence electrons. The summed E-state index contributed by atoms with van der Waals surface area (Å²) in [5, 5.41) is 13.4. The Kier molecular flexibility index (Phi) is 4.26. The molecule has 1 atom stereocenters. The van der Waals surface area contributed by atoms with Crippen LogP contribution in [0.15, 0.2) is 30.3 Å². The number of benzene rings is 2. The number of carbonyl (C=O) groups excluding carboxylic acids is 1. The van der Waals surface area contributed by atoms with Crippen molar-refractivity contribution in [2.24, 2.45) is 0 Å². The molecule has 0 fully saturated rings. The van der Waals surface area contributed by atoms with Crippen molar-refractivity contribution in [1.82, 2.24) is 0 Å². The summed E-state index contributed by atoms with van der Waals surface area (Å²) in [6, 6.07) is 6.05. The molecule has 0 aromatic heterocycles. The summed E-state index contributed by atoms with van der Waals surface area (Å²) in [5.74, 6) is -1.01. The highest BCUT2D eigenvalue weighted by molar-refractivity contribution is 14.1. The molecule has 0 saturated carbocycles. The molecule has 1 aliphatic heterocycles. The molecule has 24 heavy (non-hydrogen) atoms. The van der Waals surface area contributed by atoms with Crippen LogP contribution in [0.3, 0.4) is 0 Å². The molecular weight excluding hydrogens is 481 g/mol. The molecule has 0 saturated heterocycles. The maximum absolute atomic E-state index is 13.5. The molecule has 1 unspecified atom stereocenters. The van der Waals surface area contributed by atoms with Gasteiger partial charge < -0.3 is 10.4 Å². The molecular formula is C15H7Cl2F3INO2. The van der Waals surface area contributed by atoms with Gasteiger partial charge in [-0.05, 0) is 46.9 Å². The van der Waals surface area contributed by atoms with E-state index >= 15 is 0 Å². The first kappa shape index (κ1) is 17.8. The fraction of sp³-hybridized carbons (Fsp3) is 0.133. The first-order valence-corrected chi connectivity index (χ1v) is 8.29. The van der Waals surface area contributed by atoms with Crippen LogP contribution in [0, 0.1) is 3.57 Å². The van der Waals surface area contributed by atoms with Crippen LogP contribution in [-0.4, -0.2) is 11.0 Å². The monoisotopic (exact) mass is 487 g/mol. The second-order valence-corrected chi connectivity index (χ2v) is 7.25. The summed E-state index contributed by atoms with van der Waals surface area (Å²) in [5.41, 5.74) is -4.50. The third-order valence-electron chi connectivity index (χ3n) is 3.67. The Labute approximate surface area is 157 Å². The summed E-state index contributed by atoms with van der Waals surface area (Å²) in [6.45, 7) is 0. The zero-order valence-corrected chi connectivity index (χ0v) is 15.2. The first-order chi connectivity index (χ1) is 11.0. The standard InChI is InChI=1S/C15H7Cl2F3INO2/c16-6-1-2-8(10(17)3-6)14(24)12-9(15(18,19)20)4-7(21)5-11(12)22-13(14)23/h1-5,24H,(H,22,23). The van der Waals surface area contributed by atoms with Crippen molar-refractivity contribution in [2.45, 2.75) is 11.8 Å². The largest absolute Gasteiger partial charge is 0.416 e. The maximum Gasteiger partial charge on any atom is 0.416 e. The van der Waals surface area contributed by atoms with Gasteiger partial charge >= 0.3 is 6.18 Å². The van der Waals surface area contributed by atoms with Crippen molar-refractivity contribution in [2.75, 3.05) is 5.32 Å². The highest BCUT2D eigenvalue weighted by Gasteiger charge is 2.53. The van der Waals surface area contributed by atoms with Crippen molar-refractivity contribution in [3.05, 3.63) is 60.6 Å². The number of alkyl halides is 3. The zero-order chi connectivity index (χ0) is 17.9. The van der Waals surface area contributed by atoms with Crippen molar-refractivity contribution in [3.63, 3.8) is 0 Å². The summed E-state index contributed by atoms with van der Waals surface area (Å²) >= 11 is 13.5. The Morgan fingerprint density at radius 1 is 1.17 bits per heavy atom. The Bertz CT molecular complexity index is 873. The SMILES string of the molecule is O=C1Nc2cc(I)cc(C(F)(F)F)c2C1(O)c1ccc(Cl)cc1Cl. The lowest BCUT2D eigenvalue weighted by Crippen LogP contribution is -2.37. The number of carbonyl (C=O) groups is 1. The molecule has 0 radical (unpaired) electrons. The average Bonchev–Trinajstić information content (AvgIpc) is 2.68. The van der Waals surface area contributed by atoms with Gasteiger partial charge in [-0.3, -0.25) is 4.79 Å². The van der Waals surface area contributed by atoms with Gasteiger partial charge in [0.2, 0.25) is 0 Å². The number of amides is 1. The van der Waals surface area contributed by atoms with Gasteiger partial charge in [-0.1, -0.05) is 29.3 Å². The van der Waals surface area contributed by atoms with E-state index in [1.165, 1.54) is 24.3 Å². The van der Waals surface area contributed by atoms with E-state index in [9.17, 15) is 23.1 Å². The smallest absolute Gasteiger partial charge is 0.372 e. The third-order valence-corrected chi connectivity index (χ3v) is 4.84. The van der Waals surface area contributed by atoms with Gasteiger partial charge in [0.1, 0.15) is 0 Å². The lowest BCUT2D eigenvalue weighted by molar-refractivity contribution is -0.141. The second-order valence-electron chi connectivity index (χ2n) is 5.16. The number of anilines is 1. The number of halogens is 6. The van der Waals surface area contributed by atoms with E-state index < -0.39 is 28.8 Å². The van der Waals surface area contributed by atoms with Gasteiger partial charge in [0.05, 0.1) is 5.56 Å². The summed E-state index contributed by atoms with van der Waals surface area (Å²) < 4.78 is 40.7. The van der Waals surface area contributed by atoms with Gasteiger partial charge in [0, 0.05) is 30.4 Å². The van der Waals surface area contributed by atoms with E-state index in [1.54, 1.807) is 22.6 Å². The minimum atomic E-state index is -4.76. The van der Waals surface area contributed by atoms with Crippen LogP contribution in [0.2, 0.25) is 10.0 Å². The molecule has 9 heteroatoms.